The summed E-state index contributed by atoms with van der Waals surface area (Å²) in [6.45, 7) is 6.12. The maximum Gasteiger partial charge on any atom is 0.286 e. The molecule has 0 aromatic carbocycles. The quantitative estimate of drug-likeness (QED) is 0.711. The zero-order chi connectivity index (χ0) is 18.9. The highest BCUT2D eigenvalue weighted by atomic mass is 32.1. The Labute approximate surface area is 156 Å². The number of thiophene rings is 1. The van der Waals surface area contributed by atoms with Gasteiger partial charge in [0.15, 0.2) is 0 Å². The second-order valence-corrected chi connectivity index (χ2v) is 7.78. The van der Waals surface area contributed by atoms with Crippen molar-refractivity contribution in [2.45, 2.75) is 38.5 Å². The number of hydrogen-bond acceptors (Lipinski definition) is 3. The van der Waals surface area contributed by atoms with E-state index in [0.717, 1.165) is 44.2 Å². The highest BCUT2D eigenvalue weighted by molar-refractivity contribution is 7.17. The number of carbonyl (C=O) groups is 1. The lowest BCUT2D eigenvalue weighted by molar-refractivity contribution is 0.00802. The molecule has 26 heavy (non-hydrogen) atoms. The van der Waals surface area contributed by atoms with E-state index in [-0.39, 0.29) is 11.6 Å². The molecule has 7 heteroatoms. The van der Waals surface area contributed by atoms with Crippen molar-refractivity contribution in [3.8, 4) is 10.6 Å². The van der Waals surface area contributed by atoms with E-state index in [1.54, 1.807) is 18.2 Å². The molecule has 0 saturated carbocycles. The van der Waals surface area contributed by atoms with Crippen molar-refractivity contribution in [1.29, 1.82) is 0 Å². The Hall–Kier alpha value is -2.02. The van der Waals surface area contributed by atoms with Crippen LogP contribution in [0.5, 0.6) is 0 Å². The summed E-state index contributed by atoms with van der Waals surface area (Å²) in [6.07, 6.45) is 5.12. The van der Waals surface area contributed by atoms with Crippen LogP contribution in [0.15, 0.2) is 24.8 Å². The minimum Gasteiger partial charge on any atom is -0.338 e. The van der Waals surface area contributed by atoms with Gasteiger partial charge in [-0.15, -0.1) is 17.9 Å². The Bertz CT molecular complexity index is 813. The number of hydrogen-bond donors (Lipinski definition) is 0. The Morgan fingerprint density at radius 1 is 1.35 bits per heavy atom. The van der Waals surface area contributed by atoms with Crippen LogP contribution < -0.4 is 0 Å². The predicted octanol–water partition coefficient (Wildman–Crippen LogP) is 4.61. The molecule has 1 aliphatic rings. The summed E-state index contributed by atoms with van der Waals surface area (Å²) in [5.41, 5.74) is 0.866. The average molecular weight is 379 g/mol. The van der Waals surface area contributed by atoms with Crippen LogP contribution in [-0.2, 0) is 19.4 Å². The molecule has 1 fully saturated rings. The zero-order valence-corrected chi connectivity index (χ0v) is 15.9. The molecular formula is C19H23F2N3OS. The summed E-state index contributed by atoms with van der Waals surface area (Å²) in [4.78, 5) is 15.9. The van der Waals surface area contributed by atoms with Crippen molar-refractivity contribution < 1.29 is 13.6 Å². The first-order valence-electron chi connectivity index (χ1n) is 8.77. The van der Waals surface area contributed by atoms with Crippen LogP contribution in [0.4, 0.5) is 8.78 Å². The summed E-state index contributed by atoms with van der Waals surface area (Å²) in [6, 6.07) is 3.57. The standard InChI is InChI=1S/C19H23F2N3OS/c1-4-8-13-16(22-23(3)17(13)19(2,20)21)14-9-10-15(26-14)18(25)24-11-6-5-7-12-24/h4,9-10H,1,5-8,11-12H2,2-3H3. The normalized spacial score (nSPS) is 15.3. The molecule has 3 rings (SSSR count). The van der Waals surface area contributed by atoms with Crippen LogP contribution in [0.2, 0.25) is 0 Å². The number of allylic oxidation sites excluding steroid dienone is 1. The smallest absolute Gasteiger partial charge is 0.286 e. The number of halogens is 2. The van der Waals surface area contributed by atoms with Gasteiger partial charge in [0.05, 0.1) is 9.75 Å². The number of carbonyl (C=O) groups excluding carboxylic acids is 1. The van der Waals surface area contributed by atoms with Crippen molar-refractivity contribution in [2.75, 3.05) is 13.1 Å². The van der Waals surface area contributed by atoms with E-state index < -0.39 is 5.92 Å². The largest absolute Gasteiger partial charge is 0.338 e. The molecule has 0 atom stereocenters. The minimum atomic E-state index is -3.00. The average Bonchev–Trinajstić information content (AvgIpc) is 3.19. The van der Waals surface area contributed by atoms with Crippen LogP contribution in [-0.4, -0.2) is 33.7 Å². The van der Waals surface area contributed by atoms with E-state index in [1.165, 1.54) is 23.1 Å². The van der Waals surface area contributed by atoms with E-state index in [2.05, 4.69) is 11.7 Å². The van der Waals surface area contributed by atoms with Crippen molar-refractivity contribution >= 4 is 17.2 Å². The van der Waals surface area contributed by atoms with Crippen molar-refractivity contribution in [1.82, 2.24) is 14.7 Å². The van der Waals surface area contributed by atoms with Gasteiger partial charge in [0, 0.05) is 32.6 Å². The SMILES string of the molecule is C=CCc1c(-c2ccc(C(=O)N3CCCCC3)s2)nn(C)c1C(C)(F)F. The lowest BCUT2D eigenvalue weighted by Crippen LogP contribution is -2.35. The molecule has 0 unspecified atom stereocenters. The number of aryl methyl sites for hydroxylation is 1. The van der Waals surface area contributed by atoms with Crippen LogP contribution in [0.1, 0.15) is 47.1 Å². The molecule has 4 nitrogen and oxygen atoms in total. The first-order chi connectivity index (χ1) is 12.3. The minimum absolute atomic E-state index is 0.0168. The van der Waals surface area contributed by atoms with Gasteiger partial charge in [0.1, 0.15) is 11.4 Å². The summed E-state index contributed by atoms with van der Waals surface area (Å²) >= 11 is 1.31. The van der Waals surface area contributed by atoms with Crippen molar-refractivity contribution in [2.24, 2.45) is 7.05 Å². The Balaban J connectivity index is 1.96. The van der Waals surface area contributed by atoms with Gasteiger partial charge in [-0.05, 0) is 37.8 Å². The van der Waals surface area contributed by atoms with Gasteiger partial charge in [0.2, 0.25) is 0 Å². The Kier molecular flexibility index (Phi) is 5.27. The van der Waals surface area contributed by atoms with E-state index >= 15 is 0 Å². The highest BCUT2D eigenvalue weighted by Crippen LogP contribution is 2.38. The Morgan fingerprint density at radius 3 is 2.65 bits per heavy atom. The molecule has 3 heterocycles. The number of aromatic nitrogens is 2. The number of amides is 1. The monoisotopic (exact) mass is 379 g/mol. The molecule has 1 amide bonds. The molecule has 0 bridgehead atoms. The number of piperidine rings is 1. The molecule has 0 N–H and O–H groups in total. The van der Waals surface area contributed by atoms with Crippen molar-refractivity contribution in [3.63, 3.8) is 0 Å². The van der Waals surface area contributed by atoms with Gasteiger partial charge in [-0.1, -0.05) is 6.08 Å². The molecule has 2 aromatic heterocycles. The molecule has 0 aliphatic carbocycles. The first kappa shape index (κ1) is 18.8. The molecule has 0 spiro atoms. The van der Waals surface area contributed by atoms with Crippen LogP contribution in [0.25, 0.3) is 10.6 Å². The number of nitrogens with zero attached hydrogens (tertiary/aromatic N) is 3. The van der Waals surface area contributed by atoms with E-state index in [1.807, 2.05) is 4.90 Å². The predicted molar refractivity (Wildman–Crippen MR) is 99.7 cm³/mol. The Morgan fingerprint density at radius 2 is 2.04 bits per heavy atom. The second-order valence-electron chi connectivity index (χ2n) is 6.70. The fourth-order valence-electron chi connectivity index (χ4n) is 3.49. The molecule has 0 radical (unpaired) electrons. The van der Waals surface area contributed by atoms with Crippen LogP contribution >= 0.6 is 11.3 Å². The fraction of sp³-hybridized carbons (Fsp3) is 0.474. The lowest BCUT2D eigenvalue weighted by atomic mass is 10.0. The number of rotatable bonds is 5. The maximum absolute atomic E-state index is 14.1. The summed E-state index contributed by atoms with van der Waals surface area (Å²) in [7, 11) is 1.52. The molecule has 1 saturated heterocycles. The van der Waals surface area contributed by atoms with Crippen LogP contribution in [0, 0.1) is 0 Å². The fourth-order valence-corrected chi connectivity index (χ4v) is 4.47. The van der Waals surface area contributed by atoms with Crippen molar-refractivity contribution in [3.05, 3.63) is 40.9 Å². The summed E-state index contributed by atoms with van der Waals surface area (Å²) in [5.74, 6) is -2.98. The maximum atomic E-state index is 14.1. The van der Waals surface area contributed by atoms with Gasteiger partial charge >= 0.3 is 0 Å². The summed E-state index contributed by atoms with van der Waals surface area (Å²) in [5, 5.41) is 4.33. The summed E-state index contributed by atoms with van der Waals surface area (Å²) < 4.78 is 29.3. The lowest BCUT2D eigenvalue weighted by Gasteiger charge is -2.26. The van der Waals surface area contributed by atoms with Gasteiger partial charge in [-0.25, -0.2) is 0 Å². The molecule has 140 valence electrons. The zero-order valence-electron chi connectivity index (χ0n) is 15.1. The van der Waals surface area contributed by atoms with Gasteiger partial charge in [-0.2, -0.15) is 13.9 Å². The third-order valence-corrected chi connectivity index (χ3v) is 5.68. The molecule has 2 aromatic rings. The highest BCUT2D eigenvalue weighted by Gasteiger charge is 2.34. The van der Waals surface area contributed by atoms with E-state index in [9.17, 15) is 13.6 Å². The van der Waals surface area contributed by atoms with E-state index in [4.69, 9.17) is 0 Å². The van der Waals surface area contributed by atoms with Gasteiger partial charge < -0.3 is 4.90 Å². The molecular weight excluding hydrogens is 356 g/mol. The van der Waals surface area contributed by atoms with E-state index in [0.29, 0.717) is 22.6 Å². The molecule has 1 aliphatic heterocycles. The van der Waals surface area contributed by atoms with Gasteiger partial charge in [0.25, 0.3) is 11.8 Å². The third-order valence-electron chi connectivity index (χ3n) is 4.60. The topological polar surface area (TPSA) is 38.1 Å². The van der Waals surface area contributed by atoms with Gasteiger partial charge in [-0.3, -0.25) is 9.48 Å². The number of alkyl halides is 2. The first-order valence-corrected chi connectivity index (χ1v) is 9.59. The number of likely N-dealkylation sites (tertiary alicyclic amines) is 1. The second kappa shape index (κ2) is 7.31. The van der Waals surface area contributed by atoms with Crippen LogP contribution in [0.3, 0.4) is 0 Å². The third kappa shape index (κ3) is 3.58.